The van der Waals surface area contributed by atoms with Gasteiger partial charge in [-0.05, 0) is 26.3 Å². The molecule has 0 saturated carbocycles. The molecule has 0 saturated heterocycles. The van der Waals surface area contributed by atoms with Crippen LogP contribution in [0.25, 0.3) is 0 Å². The van der Waals surface area contributed by atoms with Gasteiger partial charge in [-0.25, -0.2) is 14.6 Å². The Bertz CT molecular complexity index is 1350. The van der Waals surface area contributed by atoms with Crippen LogP contribution in [0, 0.1) is 0 Å². The van der Waals surface area contributed by atoms with E-state index in [1.807, 2.05) is 51.1 Å². The highest BCUT2D eigenvalue weighted by molar-refractivity contribution is 7.15. The Morgan fingerprint density at radius 2 is 1.89 bits per heavy atom. The van der Waals surface area contributed by atoms with E-state index < -0.39 is 35.4 Å². The van der Waals surface area contributed by atoms with Crippen molar-refractivity contribution in [2.24, 2.45) is 0 Å². The van der Waals surface area contributed by atoms with Gasteiger partial charge in [-0.3, -0.25) is 18.7 Å². The van der Waals surface area contributed by atoms with E-state index >= 15 is 0 Å². The van der Waals surface area contributed by atoms with Crippen LogP contribution in [0.3, 0.4) is 0 Å². The average molecular weight is 498 g/mol. The summed E-state index contributed by atoms with van der Waals surface area (Å²) >= 11 is 1.26. The van der Waals surface area contributed by atoms with Crippen molar-refractivity contribution in [3.63, 3.8) is 0 Å². The SMILES string of the molecule is CC(C)(C)OC(=O)N1CCc2nc(NC(=O)Cn3c(=O)ccn(Cc4ccccc4)c3=O)sc2C1. The van der Waals surface area contributed by atoms with E-state index in [0.717, 1.165) is 20.7 Å². The molecule has 1 N–H and O–H groups in total. The van der Waals surface area contributed by atoms with Crippen LogP contribution < -0.4 is 16.6 Å². The maximum absolute atomic E-state index is 12.8. The van der Waals surface area contributed by atoms with E-state index in [9.17, 15) is 19.2 Å². The van der Waals surface area contributed by atoms with Gasteiger partial charge >= 0.3 is 11.8 Å². The summed E-state index contributed by atoms with van der Waals surface area (Å²) in [7, 11) is 0. The number of carbonyl (C=O) groups is 2. The molecule has 0 spiro atoms. The number of nitrogens with one attached hydrogen (secondary N) is 1. The minimum absolute atomic E-state index is 0.287. The normalized spacial score (nSPS) is 13.3. The van der Waals surface area contributed by atoms with Gasteiger partial charge in [0.15, 0.2) is 5.13 Å². The lowest BCUT2D eigenvalue weighted by Gasteiger charge is -2.29. The number of thiazole rings is 1. The molecule has 1 aliphatic rings. The van der Waals surface area contributed by atoms with Crippen LogP contribution in [0.15, 0.2) is 52.2 Å². The minimum Gasteiger partial charge on any atom is -0.444 e. The van der Waals surface area contributed by atoms with E-state index in [4.69, 9.17) is 4.74 Å². The van der Waals surface area contributed by atoms with Gasteiger partial charge in [0.05, 0.1) is 18.8 Å². The molecule has 0 aliphatic carbocycles. The summed E-state index contributed by atoms with van der Waals surface area (Å²) < 4.78 is 7.72. The molecule has 0 radical (unpaired) electrons. The standard InChI is InChI=1S/C24H27N5O5S/c1-24(2,3)34-23(33)28-11-9-17-18(14-28)35-21(25-17)26-19(30)15-29-20(31)10-12-27(22(29)32)13-16-7-5-4-6-8-16/h4-8,10,12H,9,11,13-15H2,1-3H3,(H,25,26,30). The lowest BCUT2D eigenvalue weighted by atomic mass is 10.2. The van der Waals surface area contributed by atoms with E-state index in [2.05, 4.69) is 10.3 Å². The first-order chi connectivity index (χ1) is 16.6. The van der Waals surface area contributed by atoms with Crippen LogP contribution in [-0.2, 0) is 35.6 Å². The predicted octanol–water partition coefficient (Wildman–Crippen LogP) is 2.45. The van der Waals surface area contributed by atoms with Gasteiger partial charge in [0.1, 0.15) is 12.1 Å². The topological polar surface area (TPSA) is 116 Å². The summed E-state index contributed by atoms with van der Waals surface area (Å²) in [6.45, 7) is 6.12. The fourth-order valence-electron chi connectivity index (χ4n) is 3.64. The van der Waals surface area contributed by atoms with Crippen molar-refractivity contribution in [2.75, 3.05) is 11.9 Å². The van der Waals surface area contributed by atoms with Crippen LogP contribution in [0.4, 0.5) is 9.93 Å². The maximum Gasteiger partial charge on any atom is 0.410 e. The maximum atomic E-state index is 12.8. The van der Waals surface area contributed by atoms with Crippen molar-refractivity contribution < 1.29 is 14.3 Å². The molecule has 1 aromatic carbocycles. The molecule has 10 nitrogen and oxygen atoms in total. The number of rotatable bonds is 5. The monoisotopic (exact) mass is 497 g/mol. The highest BCUT2D eigenvalue weighted by Gasteiger charge is 2.28. The van der Waals surface area contributed by atoms with Crippen LogP contribution in [0.5, 0.6) is 0 Å². The molecule has 3 heterocycles. The third-order valence-corrected chi connectivity index (χ3v) is 6.26. The van der Waals surface area contributed by atoms with E-state index in [0.29, 0.717) is 24.6 Å². The summed E-state index contributed by atoms with van der Waals surface area (Å²) in [5.41, 5.74) is 0.00779. The molecular formula is C24H27N5O5S. The number of benzene rings is 1. The van der Waals surface area contributed by atoms with E-state index in [1.54, 1.807) is 4.90 Å². The quantitative estimate of drug-likeness (QED) is 0.579. The van der Waals surface area contributed by atoms with Crippen molar-refractivity contribution in [3.05, 3.63) is 79.6 Å². The van der Waals surface area contributed by atoms with Crippen molar-refractivity contribution in [3.8, 4) is 0 Å². The summed E-state index contributed by atoms with van der Waals surface area (Å²) in [5.74, 6) is -0.531. The average Bonchev–Trinajstić information content (AvgIpc) is 3.19. The second kappa shape index (κ2) is 9.87. The highest BCUT2D eigenvalue weighted by atomic mass is 32.1. The number of fused-ring (bicyclic) bond motifs is 1. The summed E-state index contributed by atoms with van der Waals surface area (Å²) in [4.78, 5) is 57.1. The van der Waals surface area contributed by atoms with Gasteiger partial charge < -0.3 is 15.0 Å². The first-order valence-corrected chi connectivity index (χ1v) is 12.0. The number of nitrogens with zero attached hydrogens (tertiary/aromatic N) is 4. The molecule has 11 heteroatoms. The molecule has 4 rings (SSSR count). The first-order valence-electron chi connectivity index (χ1n) is 11.2. The number of carbonyl (C=O) groups excluding carboxylic acids is 2. The summed E-state index contributed by atoms with van der Waals surface area (Å²) in [6, 6.07) is 10.6. The lowest BCUT2D eigenvalue weighted by Crippen LogP contribution is -2.41. The zero-order valence-electron chi connectivity index (χ0n) is 19.8. The Morgan fingerprint density at radius 1 is 1.14 bits per heavy atom. The van der Waals surface area contributed by atoms with Crippen LogP contribution in [0.1, 0.15) is 36.9 Å². The number of hydrogen-bond donors (Lipinski definition) is 1. The third-order valence-electron chi connectivity index (χ3n) is 5.27. The van der Waals surface area contributed by atoms with Crippen LogP contribution in [-0.4, -0.2) is 43.2 Å². The molecule has 0 fully saturated rings. The van der Waals surface area contributed by atoms with Crippen LogP contribution in [0.2, 0.25) is 0 Å². The molecule has 0 unspecified atom stereocenters. The highest BCUT2D eigenvalue weighted by Crippen LogP contribution is 2.29. The van der Waals surface area contributed by atoms with Gasteiger partial charge in [0, 0.05) is 30.1 Å². The second-order valence-corrected chi connectivity index (χ2v) is 10.3. The van der Waals surface area contributed by atoms with Gasteiger partial charge in [0.2, 0.25) is 5.91 Å². The van der Waals surface area contributed by atoms with E-state index in [-0.39, 0.29) is 6.54 Å². The predicted molar refractivity (Wildman–Crippen MR) is 132 cm³/mol. The molecule has 184 valence electrons. The van der Waals surface area contributed by atoms with Crippen molar-refractivity contribution in [1.82, 2.24) is 19.0 Å². The molecule has 3 aromatic rings. The van der Waals surface area contributed by atoms with Gasteiger partial charge in [-0.15, -0.1) is 0 Å². The molecular weight excluding hydrogens is 470 g/mol. The number of amides is 2. The zero-order chi connectivity index (χ0) is 25.2. The molecule has 1 aliphatic heterocycles. The molecule has 2 amide bonds. The van der Waals surface area contributed by atoms with Gasteiger partial charge in [0.25, 0.3) is 5.56 Å². The molecule has 35 heavy (non-hydrogen) atoms. The Labute approximate surface area is 205 Å². The first kappa shape index (κ1) is 24.4. The van der Waals surface area contributed by atoms with Gasteiger partial charge in [-0.1, -0.05) is 41.7 Å². The Kier molecular flexibility index (Phi) is 6.88. The summed E-state index contributed by atoms with van der Waals surface area (Å²) in [6.07, 6.45) is 1.58. The Hall–Kier alpha value is -3.73. The number of aromatic nitrogens is 3. The van der Waals surface area contributed by atoms with Crippen molar-refractivity contribution in [2.45, 2.75) is 52.4 Å². The fraction of sp³-hybridized carbons (Fsp3) is 0.375. The number of hydrogen-bond acceptors (Lipinski definition) is 7. The zero-order valence-corrected chi connectivity index (χ0v) is 20.6. The molecule has 0 atom stereocenters. The lowest BCUT2D eigenvalue weighted by molar-refractivity contribution is -0.116. The smallest absolute Gasteiger partial charge is 0.410 e. The largest absolute Gasteiger partial charge is 0.444 e. The fourth-order valence-corrected chi connectivity index (χ4v) is 4.68. The molecule has 2 aromatic heterocycles. The second-order valence-electron chi connectivity index (χ2n) is 9.23. The van der Waals surface area contributed by atoms with E-state index in [1.165, 1.54) is 28.2 Å². The minimum atomic E-state index is -0.584. The Morgan fingerprint density at radius 3 is 2.60 bits per heavy atom. The van der Waals surface area contributed by atoms with Crippen molar-refractivity contribution in [1.29, 1.82) is 0 Å². The number of ether oxygens (including phenoxy) is 1. The summed E-state index contributed by atoms with van der Waals surface area (Å²) in [5, 5.41) is 3.04. The third kappa shape index (κ3) is 6.04. The van der Waals surface area contributed by atoms with Crippen LogP contribution >= 0.6 is 11.3 Å². The Balaban J connectivity index is 1.43. The van der Waals surface area contributed by atoms with Crippen molar-refractivity contribution >= 4 is 28.5 Å². The number of anilines is 1. The van der Waals surface area contributed by atoms with Gasteiger partial charge in [-0.2, -0.15) is 0 Å². The molecule has 0 bridgehead atoms.